The maximum atomic E-state index is 12.7. The Labute approximate surface area is 189 Å². The van der Waals surface area contributed by atoms with Crippen molar-refractivity contribution in [3.05, 3.63) is 69.1 Å². The van der Waals surface area contributed by atoms with Gasteiger partial charge < -0.3 is 15.5 Å². The predicted octanol–water partition coefficient (Wildman–Crippen LogP) is 5.16. The molecule has 2 aromatic carbocycles. The second-order valence-corrected chi connectivity index (χ2v) is 8.86. The van der Waals surface area contributed by atoms with E-state index in [1.54, 1.807) is 11.0 Å². The standard InChI is InChI=1S/C22H22ClN5O2S/c1-14-9-10-17(12-18(14)23)25-22(30)28-11-5-6-15(13-28)20-26-27-21(31-20)19(29)24-16-7-3-2-4-8-16/h2-4,7-10,12,15H,5-6,11,13H2,1H3,(H,24,29)(H,25,30)/t15-/m1/s1. The van der Waals surface area contributed by atoms with Crippen LogP contribution in [0, 0.1) is 6.92 Å². The molecule has 1 saturated heterocycles. The number of hydrogen-bond acceptors (Lipinski definition) is 5. The van der Waals surface area contributed by atoms with Crippen LogP contribution in [0.5, 0.6) is 0 Å². The Morgan fingerprint density at radius 2 is 1.90 bits per heavy atom. The van der Waals surface area contributed by atoms with Gasteiger partial charge in [-0.3, -0.25) is 4.79 Å². The Bertz CT molecular complexity index is 1090. The fraction of sp³-hybridized carbons (Fsp3) is 0.273. The number of aromatic nitrogens is 2. The van der Waals surface area contributed by atoms with Crippen LogP contribution in [0.1, 0.15) is 39.1 Å². The van der Waals surface area contributed by atoms with E-state index in [9.17, 15) is 9.59 Å². The van der Waals surface area contributed by atoms with Crippen molar-refractivity contribution in [2.45, 2.75) is 25.7 Å². The van der Waals surface area contributed by atoms with Crippen LogP contribution in [-0.4, -0.2) is 40.1 Å². The Kier molecular flexibility index (Phi) is 6.48. The molecule has 1 aliphatic rings. The second kappa shape index (κ2) is 9.45. The normalized spacial score (nSPS) is 16.1. The van der Waals surface area contributed by atoms with E-state index in [2.05, 4.69) is 20.8 Å². The van der Waals surface area contributed by atoms with Crippen LogP contribution >= 0.6 is 22.9 Å². The van der Waals surface area contributed by atoms with E-state index >= 15 is 0 Å². The number of amides is 3. The van der Waals surface area contributed by atoms with Gasteiger partial charge in [0.15, 0.2) is 0 Å². The maximum Gasteiger partial charge on any atom is 0.321 e. The van der Waals surface area contributed by atoms with E-state index < -0.39 is 0 Å². The molecule has 0 spiro atoms. The molecular formula is C22H22ClN5O2S. The van der Waals surface area contributed by atoms with E-state index in [4.69, 9.17) is 11.6 Å². The first-order valence-corrected chi connectivity index (χ1v) is 11.2. The minimum absolute atomic E-state index is 0.0527. The highest BCUT2D eigenvalue weighted by molar-refractivity contribution is 7.13. The number of para-hydroxylation sites is 1. The molecule has 7 nitrogen and oxygen atoms in total. The second-order valence-electron chi connectivity index (χ2n) is 7.44. The first-order chi connectivity index (χ1) is 15.0. The van der Waals surface area contributed by atoms with E-state index in [-0.39, 0.29) is 17.9 Å². The Hall–Kier alpha value is -2.97. The van der Waals surface area contributed by atoms with Crippen molar-refractivity contribution in [3.63, 3.8) is 0 Å². The Morgan fingerprint density at radius 1 is 1.10 bits per heavy atom. The lowest BCUT2D eigenvalue weighted by Crippen LogP contribution is -2.41. The Balaban J connectivity index is 1.38. The summed E-state index contributed by atoms with van der Waals surface area (Å²) in [7, 11) is 0. The van der Waals surface area contributed by atoms with Gasteiger partial charge in [0.25, 0.3) is 5.91 Å². The fourth-order valence-electron chi connectivity index (χ4n) is 3.43. The lowest BCUT2D eigenvalue weighted by atomic mass is 9.99. The van der Waals surface area contributed by atoms with Crippen LogP contribution in [0.2, 0.25) is 5.02 Å². The lowest BCUT2D eigenvalue weighted by Gasteiger charge is -2.31. The zero-order valence-electron chi connectivity index (χ0n) is 17.0. The van der Waals surface area contributed by atoms with Crippen LogP contribution in [0.4, 0.5) is 16.2 Å². The molecule has 0 aliphatic carbocycles. The van der Waals surface area contributed by atoms with Gasteiger partial charge in [0.2, 0.25) is 5.01 Å². The minimum atomic E-state index is -0.281. The summed E-state index contributed by atoms with van der Waals surface area (Å²) in [5.41, 5.74) is 2.33. The van der Waals surface area contributed by atoms with Crippen LogP contribution in [-0.2, 0) is 0 Å². The highest BCUT2D eigenvalue weighted by Crippen LogP contribution is 2.30. The van der Waals surface area contributed by atoms with Crippen molar-refractivity contribution in [1.82, 2.24) is 15.1 Å². The number of nitrogens with zero attached hydrogens (tertiary/aromatic N) is 3. The van der Waals surface area contributed by atoms with E-state index in [1.807, 2.05) is 49.4 Å². The zero-order valence-corrected chi connectivity index (χ0v) is 18.5. The minimum Gasteiger partial charge on any atom is -0.324 e. The molecule has 0 unspecified atom stereocenters. The van der Waals surface area contributed by atoms with Gasteiger partial charge in [-0.05, 0) is 49.6 Å². The van der Waals surface area contributed by atoms with Crippen molar-refractivity contribution in [3.8, 4) is 0 Å². The predicted molar refractivity (Wildman–Crippen MR) is 123 cm³/mol. The Morgan fingerprint density at radius 3 is 2.68 bits per heavy atom. The topological polar surface area (TPSA) is 87.2 Å². The van der Waals surface area contributed by atoms with Gasteiger partial charge in [-0.1, -0.05) is 47.2 Å². The number of urea groups is 1. The van der Waals surface area contributed by atoms with Gasteiger partial charge in [0.05, 0.1) is 0 Å². The van der Waals surface area contributed by atoms with E-state index in [1.165, 1.54) is 11.3 Å². The fourth-order valence-corrected chi connectivity index (χ4v) is 4.48. The molecule has 160 valence electrons. The number of halogens is 1. The smallest absolute Gasteiger partial charge is 0.321 e. The number of nitrogens with one attached hydrogen (secondary N) is 2. The quantitative estimate of drug-likeness (QED) is 0.568. The molecule has 3 aromatic rings. The summed E-state index contributed by atoms with van der Waals surface area (Å²) in [6, 6.07) is 14.5. The molecule has 0 saturated carbocycles. The number of anilines is 2. The molecule has 2 N–H and O–H groups in total. The number of carbonyl (C=O) groups excluding carboxylic acids is 2. The van der Waals surface area contributed by atoms with Gasteiger partial charge >= 0.3 is 6.03 Å². The molecule has 0 radical (unpaired) electrons. The molecule has 31 heavy (non-hydrogen) atoms. The first-order valence-electron chi connectivity index (χ1n) is 10.0. The molecule has 4 rings (SSSR count). The van der Waals surface area contributed by atoms with Crippen molar-refractivity contribution in [2.24, 2.45) is 0 Å². The van der Waals surface area contributed by atoms with Gasteiger partial charge in [-0.25, -0.2) is 4.79 Å². The summed E-state index contributed by atoms with van der Waals surface area (Å²) >= 11 is 7.43. The molecule has 1 aromatic heterocycles. The summed E-state index contributed by atoms with van der Waals surface area (Å²) in [5.74, 6) is -0.228. The molecular weight excluding hydrogens is 434 g/mol. The monoisotopic (exact) mass is 455 g/mol. The van der Waals surface area contributed by atoms with E-state index in [0.717, 1.165) is 23.4 Å². The third-order valence-corrected chi connectivity index (χ3v) is 6.64. The largest absolute Gasteiger partial charge is 0.324 e. The average Bonchev–Trinajstić information content (AvgIpc) is 3.28. The van der Waals surface area contributed by atoms with Crippen LogP contribution in [0.3, 0.4) is 0 Å². The third kappa shape index (κ3) is 5.21. The van der Waals surface area contributed by atoms with Crippen LogP contribution in [0.15, 0.2) is 48.5 Å². The molecule has 3 amide bonds. The summed E-state index contributed by atoms with van der Waals surface area (Å²) < 4.78 is 0. The van der Waals surface area contributed by atoms with Crippen molar-refractivity contribution >= 4 is 46.3 Å². The maximum absolute atomic E-state index is 12.7. The molecule has 1 atom stereocenters. The molecule has 0 bridgehead atoms. The number of aryl methyl sites for hydroxylation is 1. The number of piperidine rings is 1. The zero-order chi connectivity index (χ0) is 21.8. The first kappa shape index (κ1) is 21.3. The van der Waals surface area contributed by atoms with Gasteiger partial charge in [0.1, 0.15) is 5.01 Å². The number of likely N-dealkylation sites (tertiary alicyclic amines) is 1. The molecule has 1 fully saturated rings. The lowest BCUT2D eigenvalue weighted by molar-refractivity contribution is 0.102. The van der Waals surface area contributed by atoms with Crippen LogP contribution in [0.25, 0.3) is 0 Å². The number of benzene rings is 2. The summed E-state index contributed by atoms with van der Waals surface area (Å²) in [5, 5.41) is 15.7. The molecule has 1 aliphatic heterocycles. The molecule has 2 heterocycles. The van der Waals surface area contributed by atoms with Crippen molar-refractivity contribution in [2.75, 3.05) is 23.7 Å². The molecule has 9 heteroatoms. The van der Waals surface area contributed by atoms with Crippen molar-refractivity contribution < 1.29 is 9.59 Å². The van der Waals surface area contributed by atoms with Crippen molar-refractivity contribution in [1.29, 1.82) is 0 Å². The number of hydrogen-bond donors (Lipinski definition) is 2. The van der Waals surface area contributed by atoms with E-state index in [0.29, 0.717) is 34.5 Å². The van der Waals surface area contributed by atoms with Gasteiger partial charge in [0, 0.05) is 35.4 Å². The van der Waals surface area contributed by atoms with Gasteiger partial charge in [-0.15, -0.1) is 10.2 Å². The number of rotatable bonds is 4. The van der Waals surface area contributed by atoms with Gasteiger partial charge in [-0.2, -0.15) is 0 Å². The number of carbonyl (C=O) groups is 2. The highest BCUT2D eigenvalue weighted by atomic mass is 35.5. The third-order valence-electron chi connectivity index (χ3n) is 5.15. The SMILES string of the molecule is Cc1ccc(NC(=O)N2CCC[C@@H](c3nnc(C(=O)Nc4ccccc4)s3)C2)cc1Cl. The summed E-state index contributed by atoms with van der Waals surface area (Å²) in [6.07, 6.45) is 1.76. The summed E-state index contributed by atoms with van der Waals surface area (Å²) in [6.45, 7) is 3.11. The highest BCUT2D eigenvalue weighted by Gasteiger charge is 2.28. The average molecular weight is 456 g/mol. The summed E-state index contributed by atoms with van der Waals surface area (Å²) in [4.78, 5) is 27.0. The van der Waals surface area contributed by atoms with Crippen LogP contribution < -0.4 is 10.6 Å².